The van der Waals surface area contributed by atoms with Gasteiger partial charge in [0.15, 0.2) is 0 Å². The lowest BCUT2D eigenvalue weighted by Gasteiger charge is -2.04. The van der Waals surface area contributed by atoms with Crippen LogP contribution in [-0.4, -0.2) is 11.5 Å². The molecule has 2 N–H and O–H groups in total. The van der Waals surface area contributed by atoms with E-state index in [1.54, 1.807) is 11.3 Å². The van der Waals surface area contributed by atoms with Gasteiger partial charge in [0.25, 0.3) is 0 Å². The Morgan fingerprint density at radius 1 is 1.33 bits per heavy atom. The lowest BCUT2D eigenvalue weighted by atomic mass is 10.1. The zero-order valence-corrected chi connectivity index (χ0v) is 11.5. The monoisotopic (exact) mass is 258 g/mol. The molecule has 0 aliphatic heterocycles. The standard InChI is InChI=1S/C15H18N2S/c1-10(8-16)14-9-18-15(17-14)13-6-5-11-3-2-4-12(11)7-13/h5-7,9-10H,2-4,8,16H2,1H3. The summed E-state index contributed by atoms with van der Waals surface area (Å²) >= 11 is 1.73. The number of fused-ring (bicyclic) bond motifs is 1. The normalized spacial score (nSPS) is 15.7. The Labute approximate surface area is 112 Å². The van der Waals surface area contributed by atoms with E-state index in [1.807, 2.05) is 0 Å². The van der Waals surface area contributed by atoms with Gasteiger partial charge in [0, 0.05) is 23.4 Å². The van der Waals surface area contributed by atoms with Gasteiger partial charge in [-0.2, -0.15) is 0 Å². The highest BCUT2D eigenvalue weighted by atomic mass is 32.1. The zero-order chi connectivity index (χ0) is 12.5. The number of benzene rings is 1. The molecule has 0 radical (unpaired) electrons. The Hall–Kier alpha value is -1.19. The molecule has 1 unspecified atom stereocenters. The molecule has 1 aliphatic carbocycles. The van der Waals surface area contributed by atoms with Crippen LogP contribution in [-0.2, 0) is 12.8 Å². The van der Waals surface area contributed by atoms with Crippen LogP contribution in [0.5, 0.6) is 0 Å². The van der Waals surface area contributed by atoms with Gasteiger partial charge in [-0.25, -0.2) is 4.98 Å². The van der Waals surface area contributed by atoms with Crippen LogP contribution in [0.2, 0.25) is 0 Å². The number of thiazole rings is 1. The van der Waals surface area contributed by atoms with E-state index in [4.69, 9.17) is 10.7 Å². The van der Waals surface area contributed by atoms with E-state index < -0.39 is 0 Å². The minimum atomic E-state index is 0.351. The summed E-state index contributed by atoms with van der Waals surface area (Å²) in [6.45, 7) is 2.79. The molecule has 0 amide bonds. The Morgan fingerprint density at radius 2 is 2.17 bits per heavy atom. The van der Waals surface area contributed by atoms with Crippen molar-refractivity contribution >= 4 is 11.3 Å². The Morgan fingerprint density at radius 3 is 3.00 bits per heavy atom. The summed E-state index contributed by atoms with van der Waals surface area (Å²) in [5, 5.41) is 3.26. The van der Waals surface area contributed by atoms with Crippen LogP contribution in [0.1, 0.15) is 36.1 Å². The second-order valence-electron chi connectivity index (χ2n) is 5.05. The number of aryl methyl sites for hydroxylation is 2. The van der Waals surface area contributed by atoms with Crippen molar-refractivity contribution in [3.63, 3.8) is 0 Å². The molecule has 94 valence electrons. The van der Waals surface area contributed by atoms with Crippen molar-refractivity contribution in [2.45, 2.75) is 32.1 Å². The highest BCUT2D eigenvalue weighted by molar-refractivity contribution is 7.13. The molecule has 2 nitrogen and oxygen atoms in total. The van der Waals surface area contributed by atoms with Crippen LogP contribution < -0.4 is 5.73 Å². The first-order chi connectivity index (χ1) is 8.78. The Balaban J connectivity index is 1.92. The molecular formula is C15H18N2S. The first kappa shape index (κ1) is 11.9. The van der Waals surface area contributed by atoms with Gasteiger partial charge >= 0.3 is 0 Å². The Bertz CT molecular complexity index is 559. The molecule has 0 spiro atoms. The van der Waals surface area contributed by atoms with Gasteiger partial charge in [0.1, 0.15) is 5.01 Å². The van der Waals surface area contributed by atoms with Gasteiger partial charge in [-0.05, 0) is 36.5 Å². The van der Waals surface area contributed by atoms with Crippen LogP contribution in [0, 0.1) is 0 Å². The maximum atomic E-state index is 5.69. The molecule has 1 aromatic carbocycles. The SMILES string of the molecule is CC(CN)c1csc(-c2ccc3c(c2)CCC3)n1. The van der Waals surface area contributed by atoms with Crippen molar-refractivity contribution in [3.05, 3.63) is 40.4 Å². The van der Waals surface area contributed by atoms with Crippen LogP contribution in [0.25, 0.3) is 10.6 Å². The van der Waals surface area contributed by atoms with Crippen LogP contribution in [0.15, 0.2) is 23.6 Å². The van der Waals surface area contributed by atoms with E-state index in [1.165, 1.54) is 36.0 Å². The fourth-order valence-electron chi connectivity index (χ4n) is 2.47. The van der Waals surface area contributed by atoms with Crippen LogP contribution >= 0.6 is 11.3 Å². The van der Waals surface area contributed by atoms with E-state index in [0.717, 1.165) is 10.7 Å². The molecule has 0 fully saturated rings. The van der Waals surface area contributed by atoms with Crippen LogP contribution in [0.4, 0.5) is 0 Å². The van der Waals surface area contributed by atoms with Gasteiger partial charge in [-0.15, -0.1) is 11.3 Å². The summed E-state index contributed by atoms with van der Waals surface area (Å²) in [7, 11) is 0. The van der Waals surface area contributed by atoms with Gasteiger partial charge in [-0.1, -0.05) is 19.1 Å². The van der Waals surface area contributed by atoms with Gasteiger partial charge in [0.2, 0.25) is 0 Å². The molecular weight excluding hydrogens is 240 g/mol. The van der Waals surface area contributed by atoms with Crippen molar-refractivity contribution in [1.29, 1.82) is 0 Å². The highest BCUT2D eigenvalue weighted by Gasteiger charge is 2.14. The van der Waals surface area contributed by atoms with Gasteiger partial charge in [0.05, 0.1) is 5.69 Å². The quantitative estimate of drug-likeness (QED) is 0.917. The highest BCUT2D eigenvalue weighted by Crippen LogP contribution is 2.31. The van der Waals surface area contributed by atoms with E-state index >= 15 is 0 Å². The molecule has 2 aromatic rings. The Kier molecular flexibility index (Phi) is 3.18. The summed E-state index contributed by atoms with van der Waals surface area (Å²) in [5.41, 5.74) is 11.1. The average Bonchev–Trinajstić information content (AvgIpc) is 3.05. The molecule has 1 aliphatic rings. The molecule has 3 rings (SSSR count). The third-order valence-electron chi connectivity index (χ3n) is 3.73. The molecule has 18 heavy (non-hydrogen) atoms. The maximum absolute atomic E-state index is 5.69. The maximum Gasteiger partial charge on any atom is 0.123 e. The zero-order valence-electron chi connectivity index (χ0n) is 10.6. The van der Waals surface area contributed by atoms with Crippen LogP contribution in [0.3, 0.4) is 0 Å². The molecule has 1 aromatic heterocycles. The minimum absolute atomic E-state index is 0.351. The average molecular weight is 258 g/mol. The second-order valence-corrected chi connectivity index (χ2v) is 5.91. The number of hydrogen-bond acceptors (Lipinski definition) is 3. The summed E-state index contributed by atoms with van der Waals surface area (Å²) in [6.07, 6.45) is 3.76. The smallest absolute Gasteiger partial charge is 0.123 e. The fraction of sp³-hybridized carbons (Fsp3) is 0.400. The van der Waals surface area contributed by atoms with Crippen molar-refractivity contribution in [3.8, 4) is 10.6 Å². The van der Waals surface area contributed by atoms with E-state index in [9.17, 15) is 0 Å². The summed E-state index contributed by atoms with van der Waals surface area (Å²) in [4.78, 5) is 4.72. The number of hydrogen-bond donors (Lipinski definition) is 1. The van der Waals surface area contributed by atoms with Crippen molar-refractivity contribution in [2.75, 3.05) is 6.54 Å². The minimum Gasteiger partial charge on any atom is -0.330 e. The number of nitrogens with two attached hydrogens (primary N) is 1. The van der Waals surface area contributed by atoms with Gasteiger partial charge < -0.3 is 5.73 Å². The molecule has 0 saturated carbocycles. The van der Waals surface area contributed by atoms with E-state index in [2.05, 4.69) is 30.5 Å². The third kappa shape index (κ3) is 2.08. The summed E-state index contributed by atoms with van der Waals surface area (Å²) < 4.78 is 0. The predicted molar refractivity (Wildman–Crippen MR) is 77.0 cm³/mol. The molecule has 0 bridgehead atoms. The first-order valence-corrected chi connectivity index (χ1v) is 7.43. The van der Waals surface area contributed by atoms with Crippen molar-refractivity contribution < 1.29 is 0 Å². The first-order valence-electron chi connectivity index (χ1n) is 6.55. The van der Waals surface area contributed by atoms with E-state index in [0.29, 0.717) is 12.5 Å². The topological polar surface area (TPSA) is 38.9 Å². The molecule has 1 heterocycles. The molecule has 0 saturated heterocycles. The van der Waals surface area contributed by atoms with Crippen molar-refractivity contribution in [2.24, 2.45) is 5.73 Å². The number of rotatable bonds is 3. The van der Waals surface area contributed by atoms with Gasteiger partial charge in [-0.3, -0.25) is 0 Å². The molecule has 1 atom stereocenters. The molecule has 3 heteroatoms. The van der Waals surface area contributed by atoms with Crippen molar-refractivity contribution in [1.82, 2.24) is 4.98 Å². The number of nitrogens with zero attached hydrogens (tertiary/aromatic N) is 1. The lowest BCUT2D eigenvalue weighted by Crippen LogP contribution is -2.08. The van der Waals surface area contributed by atoms with E-state index in [-0.39, 0.29) is 0 Å². The summed E-state index contributed by atoms with van der Waals surface area (Å²) in [5.74, 6) is 0.351. The number of aromatic nitrogens is 1. The fourth-order valence-corrected chi connectivity index (χ4v) is 3.41. The summed E-state index contributed by atoms with van der Waals surface area (Å²) in [6, 6.07) is 6.79. The second kappa shape index (κ2) is 4.82. The predicted octanol–water partition coefficient (Wildman–Crippen LogP) is 3.36. The largest absolute Gasteiger partial charge is 0.330 e. The third-order valence-corrected chi connectivity index (χ3v) is 4.64. The lowest BCUT2D eigenvalue weighted by molar-refractivity contribution is 0.752.